The van der Waals surface area contributed by atoms with E-state index in [4.69, 9.17) is 9.97 Å². The number of rotatable bonds is 2. The predicted molar refractivity (Wildman–Crippen MR) is 123 cm³/mol. The van der Waals surface area contributed by atoms with Gasteiger partial charge < -0.3 is 0 Å². The zero-order valence-electron chi connectivity index (χ0n) is 16.8. The third-order valence-corrected chi connectivity index (χ3v) is 5.96. The number of fused-ring (bicyclic) bond motifs is 4. The van der Waals surface area contributed by atoms with Crippen molar-refractivity contribution in [2.75, 3.05) is 0 Å². The molecule has 0 aliphatic heterocycles. The van der Waals surface area contributed by atoms with Crippen LogP contribution in [-0.4, -0.2) is 9.97 Å². The number of aryl methyl sites for hydroxylation is 1. The molecule has 2 heteroatoms. The molecule has 0 atom stereocenters. The summed E-state index contributed by atoms with van der Waals surface area (Å²) in [4.78, 5) is 10.1. The van der Waals surface area contributed by atoms with Crippen LogP contribution in [-0.2, 0) is 6.42 Å². The Hall–Kier alpha value is -3.78. The lowest BCUT2D eigenvalue weighted by Crippen LogP contribution is -1.97. The highest BCUT2D eigenvalue weighted by atomic mass is 14.9. The van der Waals surface area contributed by atoms with Crippen LogP contribution in [0.15, 0.2) is 91.0 Å². The molecule has 0 saturated heterocycles. The summed E-state index contributed by atoms with van der Waals surface area (Å²) in [6, 6.07) is 31.9. The Bertz CT molecular complexity index is 1420. The summed E-state index contributed by atoms with van der Waals surface area (Å²) in [6.45, 7) is 2.15. The van der Waals surface area contributed by atoms with E-state index in [2.05, 4.69) is 85.8 Å². The third kappa shape index (κ3) is 2.65. The Kier molecular flexibility index (Phi) is 3.78. The van der Waals surface area contributed by atoms with Crippen molar-refractivity contribution in [1.29, 1.82) is 0 Å². The molecule has 142 valence electrons. The van der Waals surface area contributed by atoms with Crippen molar-refractivity contribution >= 4 is 10.9 Å². The molecular formula is C28H20N2. The molecule has 0 N–H and O–H groups in total. The van der Waals surface area contributed by atoms with Crippen molar-refractivity contribution < 1.29 is 0 Å². The first-order valence-corrected chi connectivity index (χ1v) is 10.3. The number of benzene rings is 4. The Balaban J connectivity index is 1.65. The highest BCUT2D eigenvalue weighted by Crippen LogP contribution is 2.43. The zero-order chi connectivity index (χ0) is 20.1. The van der Waals surface area contributed by atoms with Crippen LogP contribution < -0.4 is 0 Å². The van der Waals surface area contributed by atoms with E-state index in [0.717, 1.165) is 40.0 Å². The van der Waals surface area contributed by atoms with E-state index in [-0.39, 0.29) is 0 Å². The van der Waals surface area contributed by atoms with Gasteiger partial charge in [-0.25, -0.2) is 9.97 Å². The molecule has 30 heavy (non-hydrogen) atoms. The lowest BCUT2D eigenvalue weighted by molar-refractivity contribution is 1.22. The molecule has 1 aliphatic rings. The van der Waals surface area contributed by atoms with Crippen LogP contribution in [0.3, 0.4) is 0 Å². The molecule has 1 aromatic heterocycles. The van der Waals surface area contributed by atoms with Crippen LogP contribution in [0.1, 0.15) is 16.7 Å². The second-order valence-corrected chi connectivity index (χ2v) is 7.96. The molecule has 0 fully saturated rings. The fourth-order valence-corrected chi connectivity index (χ4v) is 4.55. The summed E-state index contributed by atoms with van der Waals surface area (Å²) in [6.07, 6.45) is 0.970. The number of hydrogen-bond donors (Lipinski definition) is 0. The maximum Gasteiger partial charge on any atom is 0.161 e. The summed E-state index contributed by atoms with van der Waals surface area (Å²) in [5, 5.41) is 1.08. The summed E-state index contributed by atoms with van der Waals surface area (Å²) in [5.74, 6) is 0.791. The fraction of sp³-hybridized carbons (Fsp3) is 0.0714. The Morgan fingerprint density at radius 2 is 1.50 bits per heavy atom. The van der Waals surface area contributed by atoms with Gasteiger partial charge in [-0.2, -0.15) is 0 Å². The quantitative estimate of drug-likeness (QED) is 0.326. The van der Waals surface area contributed by atoms with Crippen molar-refractivity contribution in [1.82, 2.24) is 9.97 Å². The zero-order valence-corrected chi connectivity index (χ0v) is 16.8. The number of nitrogens with zero attached hydrogens (tertiary/aromatic N) is 2. The number of aromatic nitrogens is 2. The molecule has 1 aliphatic carbocycles. The molecule has 2 nitrogen and oxygen atoms in total. The van der Waals surface area contributed by atoms with E-state index in [1.54, 1.807) is 0 Å². The molecule has 0 amide bonds. The topological polar surface area (TPSA) is 25.8 Å². The molecule has 5 aromatic rings. The largest absolute Gasteiger partial charge is 0.228 e. The van der Waals surface area contributed by atoms with E-state index in [1.165, 1.54) is 27.8 Å². The lowest BCUT2D eigenvalue weighted by Gasteiger charge is -2.13. The fourth-order valence-electron chi connectivity index (χ4n) is 4.55. The Labute approximate surface area is 175 Å². The van der Waals surface area contributed by atoms with Gasteiger partial charge in [0, 0.05) is 16.5 Å². The molecule has 0 saturated carbocycles. The van der Waals surface area contributed by atoms with Gasteiger partial charge >= 0.3 is 0 Å². The minimum absolute atomic E-state index is 0.791. The average Bonchev–Trinajstić information content (AvgIpc) is 3.17. The van der Waals surface area contributed by atoms with Gasteiger partial charge in [0.25, 0.3) is 0 Å². The van der Waals surface area contributed by atoms with Crippen molar-refractivity contribution in [2.24, 2.45) is 0 Å². The minimum atomic E-state index is 0.791. The van der Waals surface area contributed by atoms with Crippen LogP contribution in [0.25, 0.3) is 44.7 Å². The molecule has 6 rings (SSSR count). The van der Waals surface area contributed by atoms with E-state index in [9.17, 15) is 0 Å². The number of para-hydroxylation sites is 1. The van der Waals surface area contributed by atoms with Gasteiger partial charge in [-0.1, -0.05) is 90.5 Å². The van der Waals surface area contributed by atoms with E-state index in [0.29, 0.717) is 0 Å². The maximum atomic E-state index is 5.10. The van der Waals surface area contributed by atoms with Gasteiger partial charge in [-0.05, 0) is 41.7 Å². The first-order valence-electron chi connectivity index (χ1n) is 10.3. The van der Waals surface area contributed by atoms with E-state index in [1.807, 2.05) is 12.1 Å². The predicted octanol–water partition coefficient (Wildman–Crippen LogP) is 6.84. The standard InChI is InChI=1S/C28H20N2/c1-18-14-15-20-17-21-10-7-12-23(26(21)24(20)16-18)28-29-25-13-6-5-11-22(25)27(30-28)19-8-3-2-4-9-19/h2-16H,17H2,1H3. The molecule has 0 unspecified atom stereocenters. The Morgan fingerprint density at radius 1 is 0.667 bits per heavy atom. The second-order valence-electron chi connectivity index (χ2n) is 7.96. The normalized spacial score (nSPS) is 12.0. The SMILES string of the molecule is Cc1ccc2c(c1)-c1c(cccc1-c1nc(-c3ccccc3)c3ccccc3n1)C2. The highest BCUT2D eigenvalue weighted by molar-refractivity contribution is 5.95. The van der Waals surface area contributed by atoms with E-state index < -0.39 is 0 Å². The summed E-state index contributed by atoms with van der Waals surface area (Å²) < 4.78 is 0. The van der Waals surface area contributed by atoms with Crippen LogP contribution in [0, 0.1) is 6.92 Å². The van der Waals surface area contributed by atoms with Crippen LogP contribution in [0.5, 0.6) is 0 Å². The average molecular weight is 384 g/mol. The van der Waals surface area contributed by atoms with Gasteiger partial charge in [-0.15, -0.1) is 0 Å². The van der Waals surface area contributed by atoms with Gasteiger partial charge in [0.15, 0.2) is 5.82 Å². The van der Waals surface area contributed by atoms with Gasteiger partial charge in [0.2, 0.25) is 0 Å². The lowest BCUT2D eigenvalue weighted by atomic mass is 9.97. The maximum absolute atomic E-state index is 5.10. The molecule has 0 radical (unpaired) electrons. The molecule has 1 heterocycles. The van der Waals surface area contributed by atoms with Crippen molar-refractivity contribution in [3.63, 3.8) is 0 Å². The third-order valence-electron chi connectivity index (χ3n) is 5.96. The Morgan fingerprint density at radius 3 is 2.40 bits per heavy atom. The van der Waals surface area contributed by atoms with Crippen LogP contribution in [0.4, 0.5) is 0 Å². The summed E-state index contributed by atoms with van der Waals surface area (Å²) >= 11 is 0. The van der Waals surface area contributed by atoms with Crippen molar-refractivity contribution in [2.45, 2.75) is 13.3 Å². The monoisotopic (exact) mass is 384 g/mol. The summed E-state index contributed by atoms with van der Waals surface area (Å²) in [5.41, 5.74) is 10.8. The second kappa shape index (κ2) is 6.64. The highest BCUT2D eigenvalue weighted by Gasteiger charge is 2.23. The van der Waals surface area contributed by atoms with Crippen molar-refractivity contribution in [3.8, 4) is 33.8 Å². The smallest absolute Gasteiger partial charge is 0.161 e. The minimum Gasteiger partial charge on any atom is -0.228 e. The van der Waals surface area contributed by atoms with Crippen LogP contribution >= 0.6 is 0 Å². The molecule has 4 aromatic carbocycles. The van der Waals surface area contributed by atoms with Crippen LogP contribution in [0.2, 0.25) is 0 Å². The van der Waals surface area contributed by atoms with Crippen molar-refractivity contribution in [3.05, 3.63) is 108 Å². The van der Waals surface area contributed by atoms with Gasteiger partial charge in [-0.3, -0.25) is 0 Å². The number of hydrogen-bond acceptors (Lipinski definition) is 2. The van der Waals surface area contributed by atoms with E-state index >= 15 is 0 Å². The summed E-state index contributed by atoms with van der Waals surface area (Å²) in [7, 11) is 0. The molecule has 0 bridgehead atoms. The first kappa shape index (κ1) is 17.1. The molecule has 0 spiro atoms. The van der Waals surface area contributed by atoms with Gasteiger partial charge in [0.1, 0.15) is 0 Å². The van der Waals surface area contributed by atoms with Gasteiger partial charge in [0.05, 0.1) is 11.2 Å². The first-order chi connectivity index (χ1) is 14.8. The molecular weight excluding hydrogens is 364 g/mol.